The predicted molar refractivity (Wildman–Crippen MR) is 108 cm³/mol. The number of hydrogen-bond donors (Lipinski definition) is 0. The summed E-state index contributed by atoms with van der Waals surface area (Å²) in [5.74, 6) is -0.472. The van der Waals surface area contributed by atoms with Crippen molar-refractivity contribution in [1.82, 2.24) is 0 Å². The molecule has 0 amide bonds. The van der Waals surface area contributed by atoms with Gasteiger partial charge >= 0.3 is 0 Å². The minimum atomic E-state index is -0.628. The lowest BCUT2D eigenvalue weighted by molar-refractivity contribution is 0.441. The van der Waals surface area contributed by atoms with E-state index in [9.17, 15) is 4.39 Å². The van der Waals surface area contributed by atoms with E-state index in [1.165, 1.54) is 6.07 Å². The van der Waals surface area contributed by atoms with E-state index < -0.39 is 11.7 Å². The van der Waals surface area contributed by atoms with Crippen molar-refractivity contribution in [3.8, 4) is 11.5 Å². The van der Waals surface area contributed by atoms with Gasteiger partial charge < -0.3 is 4.74 Å². The molecule has 0 spiro atoms. The van der Waals surface area contributed by atoms with Crippen molar-refractivity contribution < 1.29 is 13.5 Å². The van der Waals surface area contributed by atoms with E-state index in [0.29, 0.717) is 16.3 Å². The molecular weight excluding hydrogens is 378 g/mol. The molecule has 3 aromatic rings. The summed E-state index contributed by atoms with van der Waals surface area (Å²) in [5, 5.41) is 0.585. The van der Waals surface area contributed by atoms with Crippen LogP contribution in [0.4, 0.5) is 8.78 Å². The number of halogens is 3. The second-order valence-corrected chi connectivity index (χ2v) is 7.41. The third kappa shape index (κ3) is 4.42. The van der Waals surface area contributed by atoms with Crippen LogP contribution in [0.1, 0.15) is 29.9 Å². The Morgan fingerprint density at radius 2 is 1.64 bits per heavy atom. The van der Waals surface area contributed by atoms with Crippen LogP contribution in [0.5, 0.6) is 11.5 Å². The van der Waals surface area contributed by atoms with E-state index in [-0.39, 0.29) is 17.5 Å². The van der Waals surface area contributed by atoms with Crippen LogP contribution >= 0.6 is 11.6 Å². The number of allylic oxidation sites excluding steroid dienone is 2. The van der Waals surface area contributed by atoms with Crippen molar-refractivity contribution in [2.24, 2.45) is 5.92 Å². The number of rotatable bonds is 6. The normalized spacial score (nSPS) is 15.3. The van der Waals surface area contributed by atoms with E-state index in [1.807, 2.05) is 18.2 Å². The van der Waals surface area contributed by atoms with Crippen LogP contribution < -0.4 is 4.74 Å². The molecular formula is C24H19ClF2O. The van der Waals surface area contributed by atoms with Crippen LogP contribution in [0.15, 0.2) is 84.7 Å². The third-order valence-corrected chi connectivity index (χ3v) is 5.01. The zero-order valence-corrected chi connectivity index (χ0v) is 15.9. The Labute approximate surface area is 168 Å². The van der Waals surface area contributed by atoms with E-state index in [2.05, 4.69) is 0 Å². The predicted octanol–water partition coefficient (Wildman–Crippen LogP) is 7.67. The molecule has 0 heterocycles. The first-order valence-corrected chi connectivity index (χ1v) is 9.63. The van der Waals surface area contributed by atoms with Gasteiger partial charge in [-0.3, -0.25) is 0 Å². The standard InChI is InChI=1S/C24H19ClF2O/c25-19-11-8-17(9-12-19)24(22(27)14-16-6-7-16)18-10-13-21(26)23(15-18)28-20-4-2-1-3-5-20/h1-5,8-16,24H,6-7H2. The van der Waals surface area contributed by atoms with Crippen molar-refractivity contribution in [1.29, 1.82) is 0 Å². The Morgan fingerprint density at radius 3 is 2.32 bits per heavy atom. The van der Waals surface area contributed by atoms with Crippen molar-refractivity contribution in [3.63, 3.8) is 0 Å². The Morgan fingerprint density at radius 1 is 0.964 bits per heavy atom. The van der Waals surface area contributed by atoms with Gasteiger partial charge in [-0.25, -0.2) is 8.78 Å². The minimum absolute atomic E-state index is 0.0712. The molecule has 0 aliphatic heterocycles. The van der Waals surface area contributed by atoms with Gasteiger partial charge in [0.05, 0.1) is 5.92 Å². The van der Waals surface area contributed by atoms with Gasteiger partial charge in [0.15, 0.2) is 11.6 Å². The van der Waals surface area contributed by atoms with Crippen LogP contribution in [-0.2, 0) is 0 Å². The lowest BCUT2D eigenvalue weighted by Gasteiger charge is -2.18. The van der Waals surface area contributed by atoms with Gasteiger partial charge in [0.1, 0.15) is 11.6 Å². The lowest BCUT2D eigenvalue weighted by atomic mass is 9.89. The first-order chi connectivity index (χ1) is 13.6. The molecule has 1 aliphatic rings. The Bertz CT molecular complexity index is 979. The summed E-state index contributed by atoms with van der Waals surface area (Å²) in [7, 11) is 0. The summed E-state index contributed by atoms with van der Waals surface area (Å²) in [6, 6.07) is 20.5. The van der Waals surface area contributed by atoms with Crippen molar-refractivity contribution >= 4 is 11.6 Å². The fraction of sp³-hybridized carbons (Fsp3) is 0.167. The first-order valence-electron chi connectivity index (χ1n) is 9.25. The Balaban J connectivity index is 1.73. The average Bonchev–Trinajstić information content (AvgIpc) is 3.51. The number of para-hydroxylation sites is 1. The van der Waals surface area contributed by atoms with Gasteiger partial charge in [-0.2, -0.15) is 0 Å². The van der Waals surface area contributed by atoms with E-state index in [4.69, 9.17) is 16.3 Å². The molecule has 1 nitrogen and oxygen atoms in total. The molecule has 0 bridgehead atoms. The van der Waals surface area contributed by atoms with Crippen molar-refractivity contribution in [2.45, 2.75) is 18.8 Å². The van der Waals surface area contributed by atoms with Crippen LogP contribution in [0.25, 0.3) is 0 Å². The van der Waals surface area contributed by atoms with Gasteiger partial charge in [0.25, 0.3) is 0 Å². The Kier molecular flexibility index (Phi) is 5.45. The molecule has 0 radical (unpaired) electrons. The topological polar surface area (TPSA) is 9.23 Å². The highest BCUT2D eigenvalue weighted by Crippen LogP contribution is 2.40. The van der Waals surface area contributed by atoms with Gasteiger partial charge in [-0.15, -0.1) is 0 Å². The quantitative estimate of drug-likeness (QED) is 0.415. The van der Waals surface area contributed by atoms with Gasteiger partial charge in [-0.05, 0) is 72.4 Å². The fourth-order valence-electron chi connectivity index (χ4n) is 3.14. The second kappa shape index (κ2) is 8.15. The highest BCUT2D eigenvalue weighted by Gasteiger charge is 2.26. The molecule has 1 saturated carbocycles. The third-order valence-electron chi connectivity index (χ3n) is 4.76. The summed E-state index contributed by atoms with van der Waals surface area (Å²) < 4.78 is 35.2. The van der Waals surface area contributed by atoms with Crippen molar-refractivity contribution in [3.05, 3.63) is 107 Å². The summed E-state index contributed by atoms with van der Waals surface area (Å²) in [6.07, 6.45) is 3.69. The van der Waals surface area contributed by atoms with Gasteiger partial charge in [0, 0.05) is 5.02 Å². The highest BCUT2D eigenvalue weighted by atomic mass is 35.5. The molecule has 0 aromatic heterocycles. The zero-order valence-electron chi connectivity index (χ0n) is 15.1. The van der Waals surface area contributed by atoms with Crippen molar-refractivity contribution in [2.75, 3.05) is 0 Å². The maximum Gasteiger partial charge on any atom is 0.165 e. The molecule has 3 aromatic carbocycles. The summed E-state index contributed by atoms with van der Waals surface area (Å²) in [6.45, 7) is 0. The fourth-order valence-corrected chi connectivity index (χ4v) is 3.27. The van der Waals surface area contributed by atoms with E-state index in [1.54, 1.807) is 54.6 Å². The SMILES string of the molecule is FC(=CC1CC1)C(c1ccc(Cl)cc1)c1ccc(F)c(Oc2ccccc2)c1. The molecule has 1 aliphatic carbocycles. The van der Waals surface area contributed by atoms with E-state index >= 15 is 4.39 Å². The largest absolute Gasteiger partial charge is 0.454 e. The molecule has 28 heavy (non-hydrogen) atoms. The smallest absolute Gasteiger partial charge is 0.165 e. The molecule has 0 saturated heterocycles. The minimum Gasteiger partial charge on any atom is -0.454 e. The first kappa shape index (κ1) is 18.7. The number of hydrogen-bond acceptors (Lipinski definition) is 1. The van der Waals surface area contributed by atoms with Crippen LogP contribution in [0.3, 0.4) is 0 Å². The van der Waals surface area contributed by atoms with Crippen LogP contribution in [-0.4, -0.2) is 0 Å². The van der Waals surface area contributed by atoms with Crippen LogP contribution in [0, 0.1) is 11.7 Å². The maximum atomic E-state index is 15.2. The molecule has 1 fully saturated rings. The van der Waals surface area contributed by atoms with Gasteiger partial charge in [-0.1, -0.05) is 48.0 Å². The summed E-state index contributed by atoms with van der Waals surface area (Å²) >= 11 is 5.99. The van der Waals surface area contributed by atoms with Gasteiger partial charge in [0.2, 0.25) is 0 Å². The maximum absolute atomic E-state index is 15.2. The zero-order chi connectivity index (χ0) is 19.5. The molecule has 142 valence electrons. The summed E-state index contributed by atoms with van der Waals surface area (Å²) in [4.78, 5) is 0. The molecule has 4 rings (SSSR count). The summed E-state index contributed by atoms with van der Waals surface area (Å²) in [5.41, 5.74) is 1.39. The Hall–Kier alpha value is -2.65. The van der Waals surface area contributed by atoms with E-state index in [0.717, 1.165) is 18.4 Å². The monoisotopic (exact) mass is 396 g/mol. The van der Waals surface area contributed by atoms with Crippen LogP contribution in [0.2, 0.25) is 5.02 Å². The lowest BCUT2D eigenvalue weighted by Crippen LogP contribution is -2.04. The average molecular weight is 397 g/mol. The molecule has 1 unspecified atom stereocenters. The molecule has 4 heteroatoms. The molecule has 1 atom stereocenters. The second-order valence-electron chi connectivity index (χ2n) is 6.98. The number of benzene rings is 3. The highest BCUT2D eigenvalue weighted by molar-refractivity contribution is 6.30. The number of ether oxygens (including phenoxy) is 1. The molecule has 0 N–H and O–H groups in total.